The number of rotatable bonds is 6. The fraction of sp³-hybridized carbons (Fsp3) is 0.0833. The van der Waals surface area contributed by atoms with Gasteiger partial charge in [0.25, 0.3) is 11.8 Å². The van der Waals surface area contributed by atoms with Gasteiger partial charge in [-0.05, 0) is 73.2 Å². The lowest BCUT2D eigenvalue weighted by molar-refractivity contribution is -0.123. The predicted octanol–water partition coefficient (Wildman–Crippen LogP) is 4.51. The molecule has 172 valence electrons. The number of nitrogens with one attached hydrogen (secondary N) is 1. The van der Waals surface area contributed by atoms with Crippen molar-refractivity contribution in [3.05, 3.63) is 82.0 Å². The molecular formula is C24H18N2O6S2. The summed E-state index contributed by atoms with van der Waals surface area (Å²) in [5.41, 5.74) is 4.49. The number of benzene rings is 2. The standard InChI is InChI=1S/C24H18N2O6S2/c1-13-3-4-15(23(29)30)11-18(13)19-10-9-17(32-19)12-20-22(28)26(24(33)34-20)25-21(27)14-5-7-16(31-2)8-6-14/h3-12H,1-2H3,(H,25,27)(H,29,30)/b20-12-. The molecule has 0 spiro atoms. The fourth-order valence-corrected chi connectivity index (χ4v) is 4.36. The highest BCUT2D eigenvalue weighted by atomic mass is 32.2. The largest absolute Gasteiger partial charge is 0.497 e. The van der Waals surface area contributed by atoms with Gasteiger partial charge in [0.1, 0.15) is 17.3 Å². The van der Waals surface area contributed by atoms with Crippen LogP contribution in [-0.2, 0) is 4.79 Å². The topological polar surface area (TPSA) is 109 Å². The van der Waals surface area contributed by atoms with E-state index in [9.17, 15) is 19.5 Å². The smallest absolute Gasteiger partial charge is 0.335 e. The molecule has 2 heterocycles. The fourth-order valence-electron chi connectivity index (χ4n) is 3.20. The minimum Gasteiger partial charge on any atom is -0.497 e. The predicted molar refractivity (Wildman–Crippen MR) is 131 cm³/mol. The molecule has 10 heteroatoms. The molecule has 8 nitrogen and oxygen atoms in total. The molecule has 3 aromatic rings. The second-order valence-corrected chi connectivity index (χ2v) is 8.90. The second kappa shape index (κ2) is 9.54. The van der Waals surface area contributed by atoms with E-state index in [2.05, 4.69) is 5.43 Å². The number of thioether (sulfide) groups is 1. The Morgan fingerprint density at radius 2 is 1.82 bits per heavy atom. The minimum atomic E-state index is -1.03. The van der Waals surface area contributed by atoms with Gasteiger partial charge in [0, 0.05) is 17.2 Å². The minimum absolute atomic E-state index is 0.145. The third-order valence-electron chi connectivity index (χ3n) is 5.01. The molecule has 0 aliphatic carbocycles. The number of nitrogens with zero attached hydrogens (tertiary/aromatic N) is 1. The maximum atomic E-state index is 12.8. The first kappa shape index (κ1) is 23.3. The lowest BCUT2D eigenvalue weighted by atomic mass is 10.0. The Balaban J connectivity index is 1.52. The Morgan fingerprint density at radius 1 is 1.12 bits per heavy atom. The van der Waals surface area contributed by atoms with Gasteiger partial charge in [-0.3, -0.25) is 15.0 Å². The van der Waals surface area contributed by atoms with Gasteiger partial charge in [0.15, 0.2) is 4.32 Å². The lowest BCUT2D eigenvalue weighted by Gasteiger charge is -2.15. The van der Waals surface area contributed by atoms with Gasteiger partial charge in [0.05, 0.1) is 17.6 Å². The quantitative estimate of drug-likeness (QED) is 0.381. The second-order valence-electron chi connectivity index (χ2n) is 7.22. The number of hydrogen-bond donors (Lipinski definition) is 2. The summed E-state index contributed by atoms with van der Waals surface area (Å²) in [5.74, 6) is -0.554. The van der Waals surface area contributed by atoms with Gasteiger partial charge in [-0.2, -0.15) is 5.01 Å². The molecule has 1 aliphatic rings. The Morgan fingerprint density at radius 3 is 2.50 bits per heavy atom. The zero-order valence-corrected chi connectivity index (χ0v) is 19.7. The van der Waals surface area contributed by atoms with Crippen LogP contribution in [0.5, 0.6) is 5.75 Å². The summed E-state index contributed by atoms with van der Waals surface area (Å²) >= 11 is 6.29. The maximum absolute atomic E-state index is 12.8. The number of carboxylic acid groups (broad SMARTS) is 1. The van der Waals surface area contributed by atoms with E-state index in [4.69, 9.17) is 21.4 Å². The van der Waals surface area contributed by atoms with Crippen LogP contribution in [0.15, 0.2) is 63.9 Å². The van der Waals surface area contributed by atoms with Gasteiger partial charge in [-0.1, -0.05) is 17.8 Å². The normalized spacial score (nSPS) is 14.5. The van der Waals surface area contributed by atoms with Crippen molar-refractivity contribution >= 4 is 52.2 Å². The van der Waals surface area contributed by atoms with E-state index >= 15 is 0 Å². The van der Waals surface area contributed by atoms with Crippen LogP contribution in [-0.4, -0.2) is 39.3 Å². The summed E-state index contributed by atoms with van der Waals surface area (Å²) in [7, 11) is 1.53. The van der Waals surface area contributed by atoms with Crippen molar-refractivity contribution in [2.45, 2.75) is 6.92 Å². The molecule has 2 aromatic carbocycles. The van der Waals surface area contributed by atoms with Crippen molar-refractivity contribution in [2.75, 3.05) is 7.11 Å². The first-order valence-corrected chi connectivity index (χ1v) is 11.2. The number of carboxylic acids is 1. The molecule has 4 rings (SSSR count). The van der Waals surface area contributed by atoms with Gasteiger partial charge in [0.2, 0.25) is 0 Å². The molecule has 34 heavy (non-hydrogen) atoms. The van der Waals surface area contributed by atoms with E-state index < -0.39 is 17.8 Å². The van der Waals surface area contributed by atoms with Crippen molar-refractivity contribution < 1.29 is 28.6 Å². The molecule has 1 saturated heterocycles. The number of methoxy groups -OCH3 is 1. The zero-order valence-electron chi connectivity index (χ0n) is 18.0. The van der Waals surface area contributed by atoms with Gasteiger partial charge in [-0.15, -0.1) is 0 Å². The van der Waals surface area contributed by atoms with Crippen LogP contribution in [0.25, 0.3) is 17.4 Å². The zero-order chi connectivity index (χ0) is 24.4. The van der Waals surface area contributed by atoms with E-state index in [1.807, 2.05) is 6.92 Å². The summed E-state index contributed by atoms with van der Waals surface area (Å²) in [6.45, 7) is 1.85. The molecule has 0 saturated carbocycles. The van der Waals surface area contributed by atoms with Crippen LogP contribution in [0.4, 0.5) is 0 Å². The Kier molecular flexibility index (Phi) is 6.53. The van der Waals surface area contributed by atoms with E-state index in [-0.39, 0.29) is 14.8 Å². The highest BCUT2D eigenvalue weighted by Crippen LogP contribution is 2.33. The van der Waals surface area contributed by atoms with Crippen LogP contribution in [0.1, 0.15) is 32.0 Å². The average molecular weight is 495 g/mol. The number of thiocarbonyl (C=S) groups is 1. The van der Waals surface area contributed by atoms with Crippen LogP contribution in [0.3, 0.4) is 0 Å². The van der Waals surface area contributed by atoms with Crippen molar-refractivity contribution in [1.82, 2.24) is 10.4 Å². The highest BCUT2D eigenvalue weighted by molar-refractivity contribution is 8.26. The van der Waals surface area contributed by atoms with Crippen LogP contribution in [0.2, 0.25) is 0 Å². The third-order valence-corrected chi connectivity index (χ3v) is 6.31. The first-order valence-electron chi connectivity index (χ1n) is 9.94. The first-order chi connectivity index (χ1) is 16.3. The summed E-state index contributed by atoms with van der Waals surface area (Å²) in [4.78, 5) is 36.9. The number of carbonyl (C=O) groups excluding carboxylic acids is 2. The van der Waals surface area contributed by atoms with Gasteiger partial charge >= 0.3 is 5.97 Å². The molecule has 1 aliphatic heterocycles. The molecular weight excluding hydrogens is 476 g/mol. The van der Waals surface area contributed by atoms with Crippen LogP contribution < -0.4 is 10.2 Å². The van der Waals surface area contributed by atoms with Crippen molar-refractivity contribution in [1.29, 1.82) is 0 Å². The summed E-state index contributed by atoms with van der Waals surface area (Å²) in [6.07, 6.45) is 1.53. The van der Waals surface area contributed by atoms with Crippen molar-refractivity contribution in [3.8, 4) is 17.1 Å². The number of hydrogen-bond acceptors (Lipinski definition) is 7. The molecule has 0 radical (unpaired) electrons. The molecule has 2 N–H and O–H groups in total. The number of aryl methyl sites for hydroxylation is 1. The number of hydrazine groups is 1. The molecule has 0 atom stereocenters. The van der Waals surface area contributed by atoms with Crippen LogP contribution in [0, 0.1) is 6.92 Å². The summed E-state index contributed by atoms with van der Waals surface area (Å²) in [5, 5.41) is 10.3. The number of carbonyl (C=O) groups is 3. The van der Waals surface area contributed by atoms with E-state index in [1.165, 1.54) is 25.3 Å². The molecule has 0 bridgehead atoms. The maximum Gasteiger partial charge on any atom is 0.335 e. The molecule has 1 aromatic heterocycles. The average Bonchev–Trinajstić information content (AvgIpc) is 3.39. The Labute approximate surface area is 204 Å². The van der Waals surface area contributed by atoms with Crippen LogP contribution >= 0.6 is 24.0 Å². The Bertz CT molecular complexity index is 1340. The number of amides is 2. The van der Waals surface area contributed by atoms with E-state index in [1.54, 1.807) is 42.5 Å². The van der Waals surface area contributed by atoms with Crippen molar-refractivity contribution in [2.24, 2.45) is 0 Å². The summed E-state index contributed by atoms with van der Waals surface area (Å²) < 4.78 is 11.1. The number of ether oxygens (including phenoxy) is 1. The van der Waals surface area contributed by atoms with E-state index in [0.29, 0.717) is 28.4 Å². The summed E-state index contributed by atoms with van der Waals surface area (Å²) in [6, 6.07) is 14.6. The highest BCUT2D eigenvalue weighted by Gasteiger charge is 2.34. The molecule has 1 fully saturated rings. The van der Waals surface area contributed by atoms with Gasteiger partial charge < -0.3 is 14.3 Å². The van der Waals surface area contributed by atoms with E-state index in [0.717, 1.165) is 22.3 Å². The lowest BCUT2D eigenvalue weighted by Crippen LogP contribution is -2.44. The Hall–Kier alpha value is -3.89. The SMILES string of the molecule is COc1ccc(C(=O)NN2C(=O)/C(=C/c3ccc(-c4cc(C(=O)O)ccc4C)o3)SC2=S)cc1. The monoisotopic (exact) mass is 494 g/mol. The molecule has 2 amide bonds. The van der Waals surface area contributed by atoms with Gasteiger partial charge in [-0.25, -0.2) is 4.79 Å². The number of furan rings is 1. The number of aromatic carboxylic acids is 1. The third kappa shape index (κ3) is 4.73. The van der Waals surface area contributed by atoms with Crippen molar-refractivity contribution in [3.63, 3.8) is 0 Å². The molecule has 0 unspecified atom stereocenters.